The first-order valence-corrected chi connectivity index (χ1v) is 5.26. The molecule has 1 heterocycles. The van der Waals surface area contributed by atoms with Gasteiger partial charge in [-0.15, -0.1) is 11.6 Å². The lowest BCUT2D eigenvalue weighted by Gasteiger charge is -2.33. The Kier molecular flexibility index (Phi) is 3.69. The number of carbonyl (C=O) groups excluding carboxylic acids is 1. The molecule has 0 radical (unpaired) electrons. The fourth-order valence-corrected chi connectivity index (χ4v) is 1.23. The molecule has 0 aliphatic heterocycles. The Balaban J connectivity index is 2.87. The molecule has 1 aromatic heterocycles. The zero-order valence-electron chi connectivity index (χ0n) is 9.20. The third-order valence-corrected chi connectivity index (χ3v) is 3.10. The second-order valence-electron chi connectivity index (χ2n) is 4.05. The summed E-state index contributed by atoms with van der Waals surface area (Å²) in [6.45, 7) is 3.85. The number of hydrogen-bond acceptors (Lipinski definition) is 2. The Labute approximate surface area is 95.1 Å². The maximum atomic E-state index is 12.0. The van der Waals surface area contributed by atoms with E-state index in [1.807, 2.05) is 13.8 Å². The van der Waals surface area contributed by atoms with Crippen LogP contribution in [0.25, 0.3) is 0 Å². The molecule has 4 heteroatoms. The smallest absolute Gasteiger partial charge is 0.255 e. The largest absolute Gasteiger partial charge is 0.335 e. The van der Waals surface area contributed by atoms with Crippen molar-refractivity contribution in [3.05, 3.63) is 30.1 Å². The van der Waals surface area contributed by atoms with Crippen molar-refractivity contribution in [1.29, 1.82) is 0 Å². The number of amides is 1. The van der Waals surface area contributed by atoms with E-state index in [4.69, 9.17) is 11.6 Å². The lowest BCUT2D eigenvalue weighted by atomic mass is 10.1. The minimum Gasteiger partial charge on any atom is -0.335 e. The highest BCUT2D eigenvalue weighted by molar-refractivity contribution is 6.18. The van der Waals surface area contributed by atoms with Crippen LogP contribution >= 0.6 is 11.6 Å². The molecule has 0 atom stereocenters. The number of hydrogen-bond donors (Lipinski definition) is 0. The van der Waals surface area contributed by atoms with E-state index in [2.05, 4.69) is 4.98 Å². The Morgan fingerprint density at radius 3 is 2.73 bits per heavy atom. The van der Waals surface area contributed by atoms with Gasteiger partial charge in [0, 0.05) is 25.3 Å². The minimum atomic E-state index is -0.353. The Morgan fingerprint density at radius 1 is 1.60 bits per heavy atom. The summed E-state index contributed by atoms with van der Waals surface area (Å²) in [7, 11) is 1.75. The highest BCUT2D eigenvalue weighted by Crippen LogP contribution is 2.16. The molecule has 1 aromatic rings. The van der Waals surface area contributed by atoms with Crippen molar-refractivity contribution in [2.75, 3.05) is 12.9 Å². The Hall–Kier alpha value is -1.09. The van der Waals surface area contributed by atoms with Crippen molar-refractivity contribution in [3.8, 4) is 0 Å². The molecule has 0 fully saturated rings. The predicted octanol–water partition coefficient (Wildman–Crippen LogP) is 2.17. The first-order valence-electron chi connectivity index (χ1n) is 4.73. The summed E-state index contributed by atoms with van der Waals surface area (Å²) in [4.78, 5) is 17.5. The zero-order valence-corrected chi connectivity index (χ0v) is 9.95. The number of alkyl halides is 1. The maximum absolute atomic E-state index is 12.0. The van der Waals surface area contributed by atoms with Crippen LogP contribution in [-0.4, -0.2) is 34.3 Å². The van der Waals surface area contributed by atoms with E-state index in [9.17, 15) is 4.79 Å². The highest BCUT2D eigenvalue weighted by Gasteiger charge is 2.27. The molecule has 15 heavy (non-hydrogen) atoms. The van der Waals surface area contributed by atoms with Gasteiger partial charge in [0.15, 0.2) is 0 Å². The average Bonchev–Trinajstić information content (AvgIpc) is 2.28. The topological polar surface area (TPSA) is 33.2 Å². The van der Waals surface area contributed by atoms with Gasteiger partial charge in [-0.05, 0) is 26.0 Å². The normalized spacial score (nSPS) is 11.2. The van der Waals surface area contributed by atoms with Gasteiger partial charge in [-0.2, -0.15) is 0 Å². The zero-order chi connectivity index (χ0) is 11.5. The summed E-state index contributed by atoms with van der Waals surface area (Å²) >= 11 is 5.81. The molecule has 82 valence electrons. The summed E-state index contributed by atoms with van der Waals surface area (Å²) in [6.07, 6.45) is 3.20. The van der Waals surface area contributed by atoms with Crippen LogP contribution in [0.1, 0.15) is 24.2 Å². The van der Waals surface area contributed by atoms with Gasteiger partial charge in [-0.25, -0.2) is 0 Å². The standard InChI is InChI=1S/C11H15ClN2O/c1-11(2,8-12)14(3)10(15)9-5-4-6-13-7-9/h4-7H,8H2,1-3H3. The van der Waals surface area contributed by atoms with E-state index >= 15 is 0 Å². The second kappa shape index (κ2) is 4.62. The fourth-order valence-electron chi connectivity index (χ4n) is 1.05. The van der Waals surface area contributed by atoms with E-state index in [-0.39, 0.29) is 11.4 Å². The van der Waals surface area contributed by atoms with Crippen molar-refractivity contribution >= 4 is 17.5 Å². The summed E-state index contributed by atoms with van der Waals surface area (Å²) in [5.74, 6) is 0.337. The van der Waals surface area contributed by atoms with Crippen molar-refractivity contribution in [3.63, 3.8) is 0 Å². The van der Waals surface area contributed by atoms with Crippen LogP contribution in [-0.2, 0) is 0 Å². The van der Waals surface area contributed by atoms with Crippen LogP contribution < -0.4 is 0 Å². The summed E-state index contributed by atoms with van der Waals surface area (Å²) in [5, 5.41) is 0. The molecule has 0 bridgehead atoms. The van der Waals surface area contributed by atoms with E-state index in [0.29, 0.717) is 11.4 Å². The summed E-state index contributed by atoms with van der Waals surface area (Å²) in [5.41, 5.74) is 0.229. The van der Waals surface area contributed by atoms with Gasteiger partial charge in [0.05, 0.1) is 11.1 Å². The van der Waals surface area contributed by atoms with Crippen molar-refractivity contribution in [1.82, 2.24) is 9.88 Å². The second-order valence-corrected chi connectivity index (χ2v) is 4.32. The van der Waals surface area contributed by atoms with Crippen molar-refractivity contribution in [2.24, 2.45) is 0 Å². The molecule has 0 spiro atoms. The first-order chi connectivity index (χ1) is 6.99. The van der Waals surface area contributed by atoms with E-state index in [1.165, 1.54) is 0 Å². The number of pyridine rings is 1. The van der Waals surface area contributed by atoms with Gasteiger partial charge in [0.25, 0.3) is 5.91 Å². The molecule has 0 N–H and O–H groups in total. The molecule has 1 rings (SSSR count). The molecule has 0 aliphatic carbocycles. The van der Waals surface area contributed by atoms with Crippen LogP contribution in [0.5, 0.6) is 0 Å². The lowest BCUT2D eigenvalue weighted by Crippen LogP contribution is -2.46. The van der Waals surface area contributed by atoms with Crippen LogP contribution in [0.2, 0.25) is 0 Å². The number of halogens is 1. The maximum Gasteiger partial charge on any atom is 0.255 e. The third-order valence-electron chi connectivity index (χ3n) is 2.45. The van der Waals surface area contributed by atoms with Gasteiger partial charge in [-0.1, -0.05) is 0 Å². The average molecular weight is 227 g/mol. The van der Waals surface area contributed by atoms with Gasteiger partial charge in [-0.3, -0.25) is 9.78 Å². The minimum absolute atomic E-state index is 0.0613. The molecule has 3 nitrogen and oxygen atoms in total. The molecular weight excluding hydrogens is 212 g/mol. The van der Waals surface area contributed by atoms with Crippen LogP contribution in [0, 0.1) is 0 Å². The molecule has 0 unspecified atom stereocenters. The summed E-state index contributed by atoms with van der Waals surface area (Å²) in [6, 6.07) is 3.49. The van der Waals surface area contributed by atoms with Gasteiger partial charge in [0.2, 0.25) is 0 Å². The first kappa shape index (κ1) is 12.0. The van der Waals surface area contributed by atoms with Gasteiger partial charge in [0.1, 0.15) is 0 Å². The molecule has 1 amide bonds. The number of nitrogens with zero attached hydrogens (tertiary/aromatic N) is 2. The highest BCUT2D eigenvalue weighted by atomic mass is 35.5. The van der Waals surface area contributed by atoms with Crippen LogP contribution in [0.4, 0.5) is 0 Å². The summed E-state index contributed by atoms with van der Waals surface area (Å²) < 4.78 is 0. The Bertz CT molecular complexity index is 338. The van der Waals surface area contributed by atoms with Gasteiger partial charge < -0.3 is 4.90 Å². The molecule has 0 aromatic carbocycles. The SMILES string of the molecule is CN(C(=O)c1cccnc1)C(C)(C)CCl. The van der Waals surface area contributed by atoms with Crippen molar-refractivity contribution < 1.29 is 4.79 Å². The van der Waals surface area contributed by atoms with Gasteiger partial charge >= 0.3 is 0 Å². The van der Waals surface area contributed by atoms with E-state index in [1.54, 1.807) is 36.5 Å². The van der Waals surface area contributed by atoms with E-state index in [0.717, 1.165) is 0 Å². The van der Waals surface area contributed by atoms with E-state index < -0.39 is 0 Å². The third kappa shape index (κ3) is 2.69. The molecule has 0 aliphatic rings. The lowest BCUT2D eigenvalue weighted by molar-refractivity contribution is 0.0660. The number of rotatable bonds is 3. The molecule has 0 saturated heterocycles. The van der Waals surface area contributed by atoms with Crippen LogP contribution in [0.15, 0.2) is 24.5 Å². The monoisotopic (exact) mass is 226 g/mol. The van der Waals surface area contributed by atoms with Crippen molar-refractivity contribution in [2.45, 2.75) is 19.4 Å². The predicted molar refractivity (Wildman–Crippen MR) is 61.1 cm³/mol. The van der Waals surface area contributed by atoms with Crippen LogP contribution in [0.3, 0.4) is 0 Å². The molecular formula is C11H15ClN2O. The Morgan fingerprint density at radius 2 is 2.27 bits per heavy atom. The fraction of sp³-hybridized carbons (Fsp3) is 0.455. The number of aromatic nitrogens is 1. The molecule has 0 saturated carbocycles. The quantitative estimate of drug-likeness (QED) is 0.741. The number of carbonyl (C=O) groups is 1.